The molecule has 0 bridgehead atoms. The van der Waals surface area contributed by atoms with E-state index < -0.39 is 23.6 Å². The fourth-order valence-electron chi connectivity index (χ4n) is 4.63. The van der Waals surface area contributed by atoms with Crippen molar-refractivity contribution in [2.45, 2.75) is 12.5 Å². The predicted molar refractivity (Wildman–Crippen MR) is 136 cm³/mol. The van der Waals surface area contributed by atoms with Crippen LogP contribution >= 0.6 is 0 Å². The molecule has 2 amide bonds. The number of hydrogen-bond acceptors (Lipinski definition) is 7. The fraction of sp³-hybridized carbons (Fsp3) is 0.214. The van der Waals surface area contributed by atoms with Crippen molar-refractivity contribution in [2.75, 3.05) is 32.8 Å². The summed E-state index contributed by atoms with van der Waals surface area (Å²) in [6, 6.07) is 19.1. The summed E-state index contributed by atoms with van der Waals surface area (Å²) >= 11 is 0. The van der Waals surface area contributed by atoms with Gasteiger partial charge in [-0.1, -0.05) is 18.2 Å². The number of hydrogen-bond donors (Lipinski definition) is 0. The smallest absolute Gasteiger partial charge is 0.299 e. The maximum absolute atomic E-state index is 13.6. The van der Waals surface area contributed by atoms with Crippen molar-refractivity contribution in [1.29, 1.82) is 0 Å². The minimum absolute atomic E-state index is 0.292. The Balaban J connectivity index is 1.49. The summed E-state index contributed by atoms with van der Waals surface area (Å²) in [4.78, 5) is 40.0. The number of ketones is 1. The first kappa shape index (κ1) is 24.1. The van der Waals surface area contributed by atoms with E-state index in [1.165, 1.54) is 9.91 Å². The van der Waals surface area contributed by atoms with Crippen LogP contribution in [0.15, 0.2) is 71.8 Å². The zero-order valence-corrected chi connectivity index (χ0v) is 20.6. The molecule has 0 saturated carbocycles. The Hall–Kier alpha value is -4.66. The molecule has 0 fully saturated rings. The molecule has 2 aliphatic rings. The number of Topliss-reactive ketones (excluding diaryl/α,β-unsaturated/α-hetero) is 1. The van der Waals surface area contributed by atoms with Crippen LogP contribution in [0.2, 0.25) is 0 Å². The Morgan fingerprint density at radius 2 is 1.65 bits per heavy atom. The van der Waals surface area contributed by atoms with Crippen molar-refractivity contribution in [2.24, 2.45) is 5.10 Å². The Labute approximate surface area is 213 Å². The number of fused-ring (bicyclic) bond motifs is 1. The summed E-state index contributed by atoms with van der Waals surface area (Å²) in [7, 11) is 4.70. The highest BCUT2D eigenvalue weighted by molar-refractivity contribution is 6.52. The van der Waals surface area contributed by atoms with Gasteiger partial charge in [0, 0.05) is 6.42 Å². The number of hydrazone groups is 1. The first-order valence-corrected chi connectivity index (χ1v) is 11.7. The predicted octanol–water partition coefficient (Wildman–Crippen LogP) is 3.62. The summed E-state index contributed by atoms with van der Waals surface area (Å²) in [5.41, 5.74) is 3.06. The average Bonchev–Trinajstić information content (AvgIpc) is 3.49. The third-order valence-electron chi connectivity index (χ3n) is 6.55. The van der Waals surface area contributed by atoms with Gasteiger partial charge in [-0.25, -0.2) is 5.01 Å². The second-order valence-corrected chi connectivity index (χ2v) is 8.59. The molecule has 188 valence electrons. The van der Waals surface area contributed by atoms with Gasteiger partial charge in [-0.05, 0) is 59.7 Å². The molecule has 3 aromatic carbocycles. The van der Waals surface area contributed by atoms with E-state index in [1.807, 2.05) is 36.4 Å². The van der Waals surface area contributed by atoms with Crippen LogP contribution < -0.4 is 19.1 Å². The topological polar surface area (TPSA) is 97.7 Å². The molecule has 1 unspecified atom stereocenters. The van der Waals surface area contributed by atoms with E-state index in [4.69, 9.17) is 14.2 Å². The first-order chi connectivity index (χ1) is 17.9. The molecule has 9 heteroatoms. The van der Waals surface area contributed by atoms with Gasteiger partial charge in [0.1, 0.15) is 12.3 Å². The maximum Gasteiger partial charge on any atom is 0.299 e. The minimum Gasteiger partial charge on any atom is -0.497 e. The van der Waals surface area contributed by atoms with Gasteiger partial charge in [-0.15, -0.1) is 0 Å². The van der Waals surface area contributed by atoms with Crippen LogP contribution in [0, 0.1) is 0 Å². The van der Waals surface area contributed by atoms with Gasteiger partial charge in [0.25, 0.3) is 17.6 Å². The SMILES string of the molecule is COc1ccc(C2=NN(C(=O)CN3C(=O)C(=O)c4ccccc43)C(c3ccc(OC)c(OC)c3)C2)cc1. The van der Waals surface area contributed by atoms with Crippen molar-refractivity contribution in [3.8, 4) is 17.2 Å². The molecule has 37 heavy (non-hydrogen) atoms. The fourth-order valence-corrected chi connectivity index (χ4v) is 4.63. The van der Waals surface area contributed by atoms with Crippen molar-refractivity contribution in [3.63, 3.8) is 0 Å². The number of ether oxygens (including phenoxy) is 3. The van der Waals surface area contributed by atoms with Gasteiger partial charge in [-0.2, -0.15) is 5.10 Å². The Kier molecular flexibility index (Phi) is 6.35. The molecular formula is C28H25N3O6. The molecule has 9 nitrogen and oxygen atoms in total. The molecule has 0 aliphatic carbocycles. The zero-order valence-electron chi connectivity index (χ0n) is 20.6. The molecule has 0 spiro atoms. The molecule has 0 radical (unpaired) electrons. The molecular weight excluding hydrogens is 474 g/mol. The lowest BCUT2D eigenvalue weighted by molar-refractivity contribution is -0.132. The van der Waals surface area contributed by atoms with E-state index >= 15 is 0 Å². The summed E-state index contributed by atoms with van der Waals surface area (Å²) in [6.07, 6.45) is 0.441. The van der Waals surface area contributed by atoms with Crippen LogP contribution in [0.25, 0.3) is 0 Å². The van der Waals surface area contributed by atoms with Crippen molar-refractivity contribution >= 4 is 29.0 Å². The second-order valence-electron chi connectivity index (χ2n) is 8.59. The number of amides is 2. The number of anilines is 1. The van der Waals surface area contributed by atoms with E-state index in [-0.39, 0.29) is 6.54 Å². The van der Waals surface area contributed by atoms with Crippen molar-refractivity contribution in [1.82, 2.24) is 5.01 Å². The molecule has 3 aromatic rings. The Morgan fingerprint density at radius 3 is 2.35 bits per heavy atom. The lowest BCUT2D eigenvalue weighted by Crippen LogP contribution is -2.40. The van der Waals surface area contributed by atoms with Crippen LogP contribution in [-0.2, 0) is 9.59 Å². The van der Waals surface area contributed by atoms with Crippen LogP contribution in [0.4, 0.5) is 5.69 Å². The number of rotatable bonds is 7. The van der Waals surface area contributed by atoms with Gasteiger partial charge in [-0.3, -0.25) is 19.3 Å². The Bertz CT molecular complexity index is 1420. The molecule has 2 heterocycles. The van der Waals surface area contributed by atoms with Gasteiger partial charge < -0.3 is 14.2 Å². The lowest BCUT2D eigenvalue weighted by atomic mass is 9.98. The number of methoxy groups -OCH3 is 3. The normalized spacial score (nSPS) is 16.5. The summed E-state index contributed by atoms with van der Waals surface area (Å²) in [6.45, 7) is -0.315. The second kappa shape index (κ2) is 9.77. The highest BCUT2D eigenvalue weighted by Gasteiger charge is 2.40. The van der Waals surface area contributed by atoms with Crippen LogP contribution in [-0.4, -0.2) is 56.2 Å². The minimum atomic E-state index is -0.726. The number of carbonyl (C=O) groups excluding carboxylic acids is 3. The van der Waals surface area contributed by atoms with Crippen LogP contribution in [0.3, 0.4) is 0 Å². The maximum atomic E-state index is 13.6. The standard InChI is InChI=1S/C28H25N3O6/c1-35-19-11-8-17(9-12-19)21-15-23(18-10-13-24(36-2)25(14-18)37-3)31(29-21)26(32)16-30-22-7-5-4-6-20(22)27(33)28(30)34/h4-14,23H,15-16H2,1-3H3. The molecule has 5 rings (SSSR count). The molecule has 0 N–H and O–H groups in total. The van der Waals surface area contributed by atoms with E-state index in [2.05, 4.69) is 5.10 Å². The largest absolute Gasteiger partial charge is 0.497 e. The van der Waals surface area contributed by atoms with Crippen LogP contribution in [0.5, 0.6) is 17.2 Å². The molecule has 0 aromatic heterocycles. The molecule has 2 aliphatic heterocycles. The van der Waals surface area contributed by atoms with E-state index in [0.29, 0.717) is 40.6 Å². The van der Waals surface area contributed by atoms with E-state index in [0.717, 1.165) is 11.1 Å². The Morgan fingerprint density at radius 1 is 0.919 bits per heavy atom. The number of nitrogens with zero attached hydrogens (tertiary/aromatic N) is 3. The highest BCUT2D eigenvalue weighted by Crippen LogP contribution is 2.38. The monoisotopic (exact) mass is 499 g/mol. The van der Waals surface area contributed by atoms with Crippen molar-refractivity contribution < 1.29 is 28.6 Å². The summed E-state index contributed by atoms with van der Waals surface area (Å²) < 4.78 is 16.1. The van der Waals surface area contributed by atoms with Gasteiger partial charge in [0.15, 0.2) is 11.5 Å². The third-order valence-corrected chi connectivity index (χ3v) is 6.55. The zero-order chi connectivity index (χ0) is 26.1. The third kappa shape index (κ3) is 4.29. The van der Waals surface area contributed by atoms with Gasteiger partial charge in [0.2, 0.25) is 0 Å². The number of benzene rings is 3. The van der Waals surface area contributed by atoms with Crippen LogP contribution in [0.1, 0.15) is 33.9 Å². The summed E-state index contributed by atoms with van der Waals surface area (Å²) in [5.74, 6) is 0.0407. The lowest BCUT2D eigenvalue weighted by Gasteiger charge is -2.25. The van der Waals surface area contributed by atoms with Crippen molar-refractivity contribution in [3.05, 3.63) is 83.4 Å². The highest BCUT2D eigenvalue weighted by atomic mass is 16.5. The quantitative estimate of drug-likeness (QED) is 0.461. The molecule has 1 atom stereocenters. The molecule has 0 saturated heterocycles. The van der Waals surface area contributed by atoms with E-state index in [9.17, 15) is 14.4 Å². The number of para-hydroxylation sites is 1. The first-order valence-electron chi connectivity index (χ1n) is 11.7. The average molecular weight is 500 g/mol. The van der Waals surface area contributed by atoms with Gasteiger partial charge in [0.05, 0.1) is 44.3 Å². The number of carbonyl (C=O) groups is 3. The van der Waals surface area contributed by atoms with E-state index in [1.54, 1.807) is 51.7 Å². The summed E-state index contributed by atoms with van der Waals surface area (Å²) in [5, 5.41) is 6.06. The van der Waals surface area contributed by atoms with Gasteiger partial charge >= 0.3 is 0 Å².